The lowest BCUT2D eigenvalue weighted by Gasteiger charge is -2.23. The zero-order valence-corrected chi connectivity index (χ0v) is 11.4. The van der Waals surface area contributed by atoms with Crippen LogP contribution in [0.15, 0.2) is 6.20 Å². The summed E-state index contributed by atoms with van der Waals surface area (Å²) in [6.45, 7) is 12.1. The molecule has 1 rings (SSSR count). The Kier molecular flexibility index (Phi) is 3.01. The van der Waals surface area contributed by atoms with Gasteiger partial charge in [-0.1, -0.05) is 41.5 Å². The maximum absolute atomic E-state index is 12.3. The summed E-state index contributed by atoms with van der Waals surface area (Å²) < 4.78 is 1.80. The van der Waals surface area contributed by atoms with E-state index in [1.54, 1.807) is 10.9 Å². The predicted molar refractivity (Wildman–Crippen MR) is 65.7 cm³/mol. The SMILES string of the molecule is Cn1ncc(C(=O)C(C)(C)C)c1C(C)(C)C. The van der Waals surface area contributed by atoms with Crippen molar-refractivity contribution in [1.82, 2.24) is 9.78 Å². The van der Waals surface area contributed by atoms with E-state index in [0.29, 0.717) is 0 Å². The molecule has 1 aromatic heterocycles. The topological polar surface area (TPSA) is 34.9 Å². The number of carbonyl (C=O) groups excluding carboxylic acids is 1. The van der Waals surface area contributed by atoms with Crippen molar-refractivity contribution in [3.8, 4) is 0 Å². The van der Waals surface area contributed by atoms with Gasteiger partial charge in [-0.3, -0.25) is 9.48 Å². The maximum atomic E-state index is 12.3. The fourth-order valence-corrected chi connectivity index (χ4v) is 1.90. The number of hydrogen-bond donors (Lipinski definition) is 0. The monoisotopic (exact) mass is 222 g/mol. The van der Waals surface area contributed by atoms with Crippen molar-refractivity contribution < 1.29 is 4.79 Å². The molecule has 0 aliphatic rings. The van der Waals surface area contributed by atoms with E-state index in [1.165, 1.54) is 0 Å². The van der Waals surface area contributed by atoms with Gasteiger partial charge in [0.15, 0.2) is 5.78 Å². The second-order valence-electron chi connectivity index (χ2n) is 6.36. The second kappa shape index (κ2) is 3.72. The Morgan fingerprint density at radius 1 is 1.19 bits per heavy atom. The van der Waals surface area contributed by atoms with Crippen molar-refractivity contribution in [2.75, 3.05) is 0 Å². The number of carbonyl (C=O) groups is 1. The lowest BCUT2D eigenvalue weighted by atomic mass is 9.81. The van der Waals surface area contributed by atoms with Crippen molar-refractivity contribution in [3.63, 3.8) is 0 Å². The molecule has 0 saturated heterocycles. The van der Waals surface area contributed by atoms with E-state index in [-0.39, 0.29) is 16.6 Å². The van der Waals surface area contributed by atoms with Crippen LogP contribution in [0.1, 0.15) is 57.6 Å². The smallest absolute Gasteiger partial charge is 0.171 e. The molecule has 90 valence electrons. The molecule has 16 heavy (non-hydrogen) atoms. The number of rotatable bonds is 1. The largest absolute Gasteiger partial charge is 0.293 e. The summed E-state index contributed by atoms with van der Waals surface area (Å²) in [6.07, 6.45) is 1.69. The molecule has 3 heteroatoms. The highest BCUT2D eigenvalue weighted by atomic mass is 16.1. The van der Waals surface area contributed by atoms with Crippen molar-refractivity contribution in [2.24, 2.45) is 12.5 Å². The number of hydrogen-bond acceptors (Lipinski definition) is 2. The van der Waals surface area contributed by atoms with Gasteiger partial charge >= 0.3 is 0 Å². The Balaban J connectivity index is 3.33. The normalized spacial score (nSPS) is 12.9. The summed E-state index contributed by atoms with van der Waals surface area (Å²) in [7, 11) is 1.89. The van der Waals surface area contributed by atoms with Gasteiger partial charge in [0.2, 0.25) is 0 Å². The highest BCUT2D eigenvalue weighted by Gasteiger charge is 2.31. The first-order chi connectivity index (χ1) is 7.05. The number of nitrogens with zero attached hydrogens (tertiary/aromatic N) is 2. The third kappa shape index (κ3) is 2.34. The van der Waals surface area contributed by atoms with Gasteiger partial charge in [-0.25, -0.2) is 0 Å². The van der Waals surface area contributed by atoms with E-state index in [2.05, 4.69) is 25.9 Å². The first-order valence-electron chi connectivity index (χ1n) is 5.62. The lowest BCUT2D eigenvalue weighted by molar-refractivity contribution is 0.0855. The van der Waals surface area contributed by atoms with Crippen LogP contribution in [0, 0.1) is 5.41 Å². The molecule has 0 N–H and O–H groups in total. The van der Waals surface area contributed by atoms with Crippen molar-refractivity contribution in [2.45, 2.75) is 47.0 Å². The third-order valence-electron chi connectivity index (χ3n) is 2.57. The zero-order chi connectivity index (χ0) is 12.7. The quantitative estimate of drug-likeness (QED) is 0.685. The minimum atomic E-state index is -0.358. The molecule has 0 amide bonds. The Labute approximate surface area is 97.8 Å². The number of aryl methyl sites for hydroxylation is 1. The average Bonchev–Trinajstić information content (AvgIpc) is 2.42. The van der Waals surface area contributed by atoms with Crippen LogP contribution in [-0.4, -0.2) is 15.6 Å². The molecule has 0 bridgehead atoms. The summed E-state index contributed by atoms with van der Waals surface area (Å²) in [4.78, 5) is 12.3. The number of aromatic nitrogens is 2. The van der Waals surface area contributed by atoms with Crippen LogP contribution in [0.4, 0.5) is 0 Å². The van der Waals surface area contributed by atoms with E-state index in [0.717, 1.165) is 11.3 Å². The van der Waals surface area contributed by atoms with Gasteiger partial charge in [0.25, 0.3) is 0 Å². The summed E-state index contributed by atoms with van der Waals surface area (Å²) in [5, 5.41) is 4.21. The molecule has 1 aromatic rings. The van der Waals surface area contributed by atoms with Gasteiger partial charge in [0.05, 0.1) is 17.5 Å². The molecule has 0 atom stereocenters. The van der Waals surface area contributed by atoms with Crippen LogP contribution in [0.2, 0.25) is 0 Å². The molecule has 0 fully saturated rings. The Morgan fingerprint density at radius 3 is 2.06 bits per heavy atom. The van der Waals surface area contributed by atoms with Gasteiger partial charge in [0.1, 0.15) is 0 Å². The summed E-state index contributed by atoms with van der Waals surface area (Å²) in [5.74, 6) is 0.158. The van der Waals surface area contributed by atoms with Crippen LogP contribution in [0.25, 0.3) is 0 Å². The third-order valence-corrected chi connectivity index (χ3v) is 2.57. The second-order valence-corrected chi connectivity index (χ2v) is 6.36. The van der Waals surface area contributed by atoms with Crippen LogP contribution in [-0.2, 0) is 12.5 Å². The minimum absolute atomic E-state index is 0.0680. The van der Waals surface area contributed by atoms with Gasteiger partial charge < -0.3 is 0 Å². The van der Waals surface area contributed by atoms with E-state index in [4.69, 9.17) is 0 Å². The van der Waals surface area contributed by atoms with Crippen LogP contribution < -0.4 is 0 Å². The van der Waals surface area contributed by atoms with Crippen LogP contribution in [0.5, 0.6) is 0 Å². The Bertz CT molecular complexity index is 403. The highest BCUT2D eigenvalue weighted by molar-refractivity contribution is 6.00. The molecule has 0 aromatic carbocycles. The Morgan fingerprint density at radius 2 is 1.69 bits per heavy atom. The first-order valence-corrected chi connectivity index (χ1v) is 5.62. The van der Waals surface area contributed by atoms with Gasteiger partial charge in [-0.05, 0) is 0 Å². The minimum Gasteiger partial charge on any atom is -0.293 e. The molecule has 3 nitrogen and oxygen atoms in total. The molecule has 0 unspecified atom stereocenters. The summed E-state index contributed by atoms with van der Waals surface area (Å²) in [6, 6.07) is 0. The molecular weight excluding hydrogens is 200 g/mol. The lowest BCUT2D eigenvalue weighted by Crippen LogP contribution is -2.26. The fraction of sp³-hybridized carbons (Fsp3) is 0.692. The molecule has 0 radical (unpaired) electrons. The van der Waals surface area contributed by atoms with Crippen molar-refractivity contribution >= 4 is 5.78 Å². The van der Waals surface area contributed by atoms with Gasteiger partial charge in [0, 0.05) is 17.9 Å². The van der Waals surface area contributed by atoms with Gasteiger partial charge in [-0.2, -0.15) is 5.10 Å². The molecule has 0 saturated carbocycles. The summed E-state index contributed by atoms with van der Waals surface area (Å²) >= 11 is 0. The van der Waals surface area contributed by atoms with Crippen molar-refractivity contribution in [3.05, 3.63) is 17.5 Å². The standard InChI is InChI=1S/C13H22N2O/c1-12(2,3)10-9(8-14-15(10)7)11(16)13(4,5)6/h8H,1-7H3. The zero-order valence-electron chi connectivity index (χ0n) is 11.4. The molecule has 1 heterocycles. The van der Waals surface area contributed by atoms with Crippen molar-refractivity contribution in [1.29, 1.82) is 0 Å². The Hall–Kier alpha value is -1.12. The van der Waals surface area contributed by atoms with Crippen LogP contribution >= 0.6 is 0 Å². The first kappa shape index (κ1) is 12.9. The van der Waals surface area contributed by atoms with E-state index < -0.39 is 0 Å². The highest BCUT2D eigenvalue weighted by Crippen LogP contribution is 2.30. The van der Waals surface area contributed by atoms with E-state index in [1.807, 2.05) is 27.8 Å². The van der Waals surface area contributed by atoms with E-state index >= 15 is 0 Å². The maximum Gasteiger partial charge on any atom is 0.171 e. The van der Waals surface area contributed by atoms with E-state index in [9.17, 15) is 4.79 Å². The fourth-order valence-electron chi connectivity index (χ4n) is 1.90. The molecule has 0 spiro atoms. The number of Topliss-reactive ketones (excluding diaryl/α,β-unsaturated/α-hetero) is 1. The van der Waals surface area contributed by atoms with Crippen LogP contribution in [0.3, 0.4) is 0 Å². The molecule has 0 aliphatic heterocycles. The number of ketones is 1. The van der Waals surface area contributed by atoms with Gasteiger partial charge in [-0.15, -0.1) is 0 Å². The molecule has 0 aliphatic carbocycles. The predicted octanol–water partition coefficient (Wildman–Crippen LogP) is 2.95. The summed E-state index contributed by atoms with van der Waals surface area (Å²) in [5.41, 5.74) is 1.33. The molecular formula is C13H22N2O. The average molecular weight is 222 g/mol.